The number of hydrogen-bond acceptors (Lipinski definition) is 5. The molecule has 1 N–H and O–H groups in total. The first-order valence-corrected chi connectivity index (χ1v) is 10.9. The molecule has 2 heterocycles. The minimum absolute atomic E-state index is 0.000211. The maximum absolute atomic E-state index is 12.6. The number of sulfone groups is 1. The first kappa shape index (κ1) is 19.3. The van der Waals surface area contributed by atoms with Gasteiger partial charge in [-0.3, -0.25) is 4.79 Å². The van der Waals surface area contributed by atoms with Gasteiger partial charge in [0.1, 0.15) is 0 Å². The Kier molecular flexibility index (Phi) is 5.69. The molecule has 1 aromatic carbocycles. The van der Waals surface area contributed by atoms with Crippen molar-refractivity contribution >= 4 is 15.7 Å². The monoisotopic (exact) mass is 380 g/mol. The van der Waals surface area contributed by atoms with Crippen molar-refractivity contribution in [1.29, 1.82) is 0 Å². The molecule has 0 unspecified atom stereocenters. The largest absolute Gasteiger partial charge is 0.396 e. The molecular weight excluding hydrogens is 352 g/mol. The van der Waals surface area contributed by atoms with E-state index in [1.807, 2.05) is 7.05 Å². The number of piperidine rings is 2. The molecule has 0 spiro atoms. The van der Waals surface area contributed by atoms with Crippen molar-refractivity contribution in [3.8, 4) is 0 Å². The number of amides is 1. The fraction of sp³-hybridized carbons (Fsp3) is 0.632. The highest BCUT2D eigenvalue weighted by Gasteiger charge is 2.47. The zero-order chi connectivity index (χ0) is 18.8. The zero-order valence-corrected chi connectivity index (χ0v) is 16.1. The Balaban J connectivity index is 1.63. The molecule has 0 saturated carbocycles. The summed E-state index contributed by atoms with van der Waals surface area (Å²) < 4.78 is 24.8. The van der Waals surface area contributed by atoms with Gasteiger partial charge in [-0.1, -0.05) is 18.2 Å². The van der Waals surface area contributed by atoms with Crippen molar-refractivity contribution < 1.29 is 18.3 Å². The minimum Gasteiger partial charge on any atom is -0.396 e. The number of hydrogen-bond donors (Lipinski definition) is 1. The molecule has 2 aliphatic rings. The van der Waals surface area contributed by atoms with Crippen molar-refractivity contribution in [2.45, 2.75) is 36.6 Å². The molecule has 7 heteroatoms. The number of carbonyl (C=O) groups is 1. The molecule has 26 heavy (non-hydrogen) atoms. The van der Waals surface area contributed by atoms with Gasteiger partial charge in [-0.15, -0.1) is 0 Å². The van der Waals surface area contributed by atoms with Gasteiger partial charge in [-0.05, 0) is 45.0 Å². The molecule has 1 aromatic rings. The number of nitrogens with zero attached hydrogens (tertiary/aromatic N) is 2. The topological polar surface area (TPSA) is 77.9 Å². The van der Waals surface area contributed by atoms with Gasteiger partial charge in [0.25, 0.3) is 0 Å². The Hall–Kier alpha value is -1.44. The van der Waals surface area contributed by atoms with Crippen LogP contribution in [0.2, 0.25) is 0 Å². The van der Waals surface area contributed by atoms with E-state index in [0.717, 1.165) is 25.8 Å². The highest BCUT2D eigenvalue weighted by molar-refractivity contribution is 7.91. The molecule has 6 nitrogen and oxygen atoms in total. The molecule has 2 fully saturated rings. The molecule has 0 radical (unpaired) electrons. The normalized spacial score (nSPS) is 27.2. The highest BCUT2D eigenvalue weighted by atomic mass is 32.2. The third-order valence-corrected chi connectivity index (χ3v) is 7.78. The van der Waals surface area contributed by atoms with Crippen molar-refractivity contribution in [3.63, 3.8) is 0 Å². The summed E-state index contributed by atoms with van der Waals surface area (Å²) in [5, 5.41) is 9.95. The van der Waals surface area contributed by atoms with E-state index in [9.17, 15) is 18.3 Å². The average Bonchev–Trinajstić information content (AvgIpc) is 2.67. The highest BCUT2D eigenvalue weighted by Crippen LogP contribution is 2.41. The molecule has 3 rings (SSSR count). The minimum atomic E-state index is -3.44. The van der Waals surface area contributed by atoms with E-state index in [2.05, 4.69) is 4.90 Å². The SMILES string of the molecule is CN1CCC[C@]2(CO)CCN(C(=O)CCS(=O)(=O)c3ccccc3)C[C@@H]12. The van der Waals surface area contributed by atoms with Crippen molar-refractivity contribution in [1.82, 2.24) is 9.80 Å². The molecule has 2 atom stereocenters. The number of fused-ring (bicyclic) bond motifs is 1. The van der Waals surface area contributed by atoms with Crippen LogP contribution >= 0.6 is 0 Å². The summed E-state index contributed by atoms with van der Waals surface area (Å²) in [5.74, 6) is -0.284. The predicted molar refractivity (Wildman–Crippen MR) is 99.5 cm³/mol. The van der Waals surface area contributed by atoms with Crippen LogP contribution in [0.3, 0.4) is 0 Å². The van der Waals surface area contributed by atoms with Gasteiger partial charge in [0, 0.05) is 31.0 Å². The van der Waals surface area contributed by atoms with Crippen LogP contribution < -0.4 is 0 Å². The molecule has 144 valence electrons. The second-order valence-electron chi connectivity index (χ2n) is 7.59. The molecule has 0 aliphatic carbocycles. The standard InChI is InChI=1S/C19H28N2O4S/c1-20-11-5-9-19(15-22)10-12-21(14-17(19)20)18(23)8-13-26(24,25)16-6-3-2-4-7-16/h2-4,6-7,17,22H,5,8-15H2,1H3/t17-,19-/m1/s1. The maximum atomic E-state index is 12.6. The summed E-state index contributed by atoms with van der Waals surface area (Å²) in [6, 6.07) is 8.41. The van der Waals surface area contributed by atoms with Crippen LogP contribution in [0.4, 0.5) is 0 Å². The Morgan fingerprint density at radius 1 is 1.23 bits per heavy atom. The lowest BCUT2D eigenvalue weighted by atomic mass is 9.69. The second kappa shape index (κ2) is 7.66. The van der Waals surface area contributed by atoms with E-state index in [1.165, 1.54) is 0 Å². The predicted octanol–water partition coefficient (Wildman–Crippen LogP) is 1.16. The van der Waals surface area contributed by atoms with Crippen molar-refractivity contribution in [2.24, 2.45) is 5.41 Å². The van der Waals surface area contributed by atoms with E-state index in [0.29, 0.717) is 13.1 Å². The van der Waals surface area contributed by atoms with E-state index < -0.39 is 9.84 Å². The number of aliphatic hydroxyl groups is 1. The van der Waals surface area contributed by atoms with E-state index in [-0.39, 0.29) is 41.0 Å². The van der Waals surface area contributed by atoms with Crippen LogP contribution in [-0.4, -0.2) is 74.3 Å². The number of rotatable bonds is 5. The van der Waals surface area contributed by atoms with Crippen LogP contribution in [0.25, 0.3) is 0 Å². The first-order valence-electron chi connectivity index (χ1n) is 9.25. The number of likely N-dealkylation sites (tertiary alicyclic amines) is 2. The van der Waals surface area contributed by atoms with Gasteiger partial charge >= 0.3 is 0 Å². The molecule has 1 amide bonds. The maximum Gasteiger partial charge on any atom is 0.223 e. The quantitative estimate of drug-likeness (QED) is 0.829. The van der Waals surface area contributed by atoms with Crippen molar-refractivity contribution in [2.75, 3.05) is 39.0 Å². The molecule has 0 aromatic heterocycles. The lowest BCUT2D eigenvalue weighted by molar-refractivity contribution is -0.139. The Bertz CT molecular complexity index is 737. The van der Waals surface area contributed by atoms with Crippen LogP contribution in [0.1, 0.15) is 25.7 Å². The summed E-state index contributed by atoms with van der Waals surface area (Å²) in [6.45, 7) is 2.28. The van der Waals surface area contributed by atoms with Gasteiger partial charge in [0.15, 0.2) is 9.84 Å². The molecule has 0 bridgehead atoms. The van der Waals surface area contributed by atoms with E-state index in [1.54, 1.807) is 35.2 Å². The van der Waals surface area contributed by atoms with Gasteiger partial charge in [0.05, 0.1) is 17.3 Å². The third-order valence-electron chi connectivity index (χ3n) is 6.05. The van der Waals surface area contributed by atoms with Crippen LogP contribution in [0.15, 0.2) is 35.2 Å². The average molecular weight is 381 g/mol. The van der Waals surface area contributed by atoms with Crippen LogP contribution in [0, 0.1) is 5.41 Å². The van der Waals surface area contributed by atoms with E-state index >= 15 is 0 Å². The Morgan fingerprint density at radius 3 is 2.65 bits per heavy atom. The second-order valence-corrected chi connectivity index (χ2v) is 9.70. The van der Waals surface area contributed by atoms with Gasteiger partial charge < -0.3 is 14.9 Å². The molecule has 2 aliphatic heterocycles. The summed E-state index contributed by atoms with van der Waals surface area (Å²) in [5.41, 5.74) is -0.125. The van der Waals surface area contributed by atoms with Crippen LogP contribution in [-0.2, 0) is 14.6 Å². The Labute approximate surface area is 155 Å². The third kappa shape index (κ3) is 3.80. The van der Waals surface area contributed by atoms with Gasteiger partial charge in [-0.25, -0.2) is 8.42 Å². The van der Waals surface area contributed by atoms with Crippen molar-refractivity contribution in [3.05, 3.63) is 30.3 Å². The van der Waals surface area contributed by atoms with Gasteiger partial charge in [0.2, 0.25) is 5.91 Å². The first-order chi connectivity index (χ1) is 12.4. The fourth-order valence-electron chi connectivity index (χ4n) is 4.37. The summed E-state index contributed by atoms with van der Waals surface area (Å²) >= 11 is 0. The molecule has 2 saturated heterocycles. The van der Waals surface area contributed by atoms with Crippen LogP contribution in [0.5, 0.6) is 0 Å². The smallest absolute Gasteiger partial charge is 0.223 e. The van der Waals surface area contributed by atoms with Gasteiger partial charge in [-0.2, -0.15) is 0 Å². The lowest BCUT2D eigenvalue weighted by Gasteiger charge is -2.53. The summed E-state index contributed by atoms with van der Waals surface area (Å²) in [4.78, 5) is 16.9. The van der Waals surface area contributed by atoms with E-state index in [4.69, 9.17) is 0 Å². The summed E-state index contributed by atoms with van der Waals surface area (Å²) in [6.07, 6.45) is 2.83. The summed E-state index contributed by atoms with van der Waals surface area (Å²) in [7, 11) is -1.40. The number of benzene rings is 1. The fourth-order valence-corrected chi connectivity index (χ4v) is 5.62. The number of likely N-dealkylation sites (N-methyl/N-ethyl adjacent to an activating group) is 1. The Morgan fingerprint density at radius 2 is 1.96 bits per heavy atom. The molecular formula is C19H28N2O4S. The number of aliphatic hydroxyl groups excluding tert-OH is 1. The number of carbonyl (C=O) groups excluding carboxylic acids is 1. The zero-order valence-electron chi connectivity index (χ0n) is 15.3. The lowest BCUT2D eigenvalue weighted by Crippen LogP contribution is -2.62.